The molecule has 2 aromatic rings. The summed E-state index contributed by atoms with van der Waals surface area (Å²) in [6.07, 6.45) is 0.856. The zero-order valence-electron chi connectivity index (χ0n) is 12.3. The van der Waals surface area contributed by atoms with Gasteiger partial charge in [0, 0.05) is 6.07 Å². The predicted octanol–water partition coefficient (Wildman–Crippen LogP) is 0.0117. The number of ether oxygens (including phenoxy) is 1. The molecule has 1 N–H and O–H groups in total. The second kappa shape index (κ2) is 7.05. The van der Waals surface area contributed by atoms with Crippen molar-refractivity contribution in [3.63, 3.8) is 0 Å². The number of rotatable bonds is 6. The molecule has 1 heterocycles. The number of sulfonamides is 1. The average Bonchev–Trinajstić information content (AvgIpc) is 2.48. The van der Waals surface area contributed by atoms with Gasteiger partial charge in [-0.25, -0.2) is 17.8 Å². The number of aromatic nitrogens is 2. The third-order valence-corrected chi connectivity index (χ3v) is 3.25. The minimum Gasteiger partial charge on any atom is -0.492 e. The van der Waals surface area contributed by atoms with Crippen LogP contribution in [0.2, 0.25) is 0 Å². The molecule has 0 aliphatic rings. The minimum atomic E-state index is -3.70. The standard InChI is InChI=1S/C14H15N3O5S/c1-23(20,21)16-14(19)12-7-8-13(18)17(15-12)9-10-22-11-5-3-2-4-6-11/h2-8H,9-10H2,1H3,(H,16,19). The van der Waals surface area contributed by atoms with Gasteiger partial charge < -0.3 is 4.74 Å². The lowest BCUT2D eigenvalue weighted by Crippen LogP contribution is -2.33. The highest BCUT2D eigenvalue weighted by Gasteiger charge is 2.13. The zero-order valence-corrected chi connectivity index (χ0v) is 13.1. The van der Waals surface area contributed by atoms with Crippen LogP contribution in [0.5, 0.6) is 5.75 Å². The maximum Gasteiger partial charge on any atom is 0.285 e. The van der Waals surface area contributed by atoms with E-state index in [1.807, 2.05) is 18.2 Å². The highest BCUT2D eigenvalue weighted by Crippen LogP contribution is 2.07. The zero-order chi connectivity index (χ0) is 16.9. The third kappa shape index (κ3) is 5.22. The van der Waals surface area contributed by atoms with Gasteiger partial charge in [0.25, 0.3) is 11.5 Å². The van der Waals surface area contributed by atoms with Crippen molar-refractivity contribution < 1.29 is 17.9 Å². The van der Waals surface area contributed by atoms with E-state index >= 15 is 0 Å². The van der Waals surface area contributed by atoms with Gasteiger partial charge in [0.15, 0.2) is 0 Å². The number of amides is 1. The van der Waals surface area contributed by atoms with E-state index in [1.165, 1.54) is 0 Å². The summed E-state index contributed by atoms with van der Waals surface area (Å²) in [5.41, 5.74) is -0.590. The molecule has 23 heavy (non-hydrogen) atoms. The molecule has 8 nitrogen and oxygen atoms in total. The Kier molecular flexibility index (Phi) is 5.12. The van der Waals surface area contributed by atoms with Crippen LogP contribution in [0, 0.1) is 0 Å². The van der Waals surface area contributed by atoms with Crippen molar-refractivity contribution in [3.8, 4) is 5.75 Å². The van der Waals surface area contributed by atoms with E-state index in [-0.39, 0.29) is 18.8 Å². The summed E-state index contributed by atoms with van der Waals surface area (Å²) in [6, 6.07) is 11.3. The van der Waals surface area contributed by atoms with Crippen LogP contribution in [0.1, 0.15) is 10.5 Å². The summed E-state index contributed by atoms with van der Waals surface area (Å²) in [7, 11) is -3.70. The molecule has 0 spiro atoms. The minimum absolute atomic E-state index is 0.119. The first-order valence-corrected chi connectivity index (χ1v) is 8.52. The fraction of sp³-hybridized carbons (Fsp3) is 0.214. The van der Waals surface area contributed by atoms with E-state index in [1.54, 1.807) is 16.9 Å². The number of nitrogens with zero attached hydrogens (tertiary/aromatic N) is 2. The summed E-state index contributed by atoms with van der Waals surface area (Å²) < 4.78 is 30.4. The Morgan fingerprint density at radius 2 is 1.91 bits per heavy atom. The highest BCUT2D eigenvalue weighted by molar-refractivity contribution is 7.89. The average molecular weight is 337 g/mol. The third-order valence-electron chi connectivity index (χ3n) is 2.69. The van der Waals surface area contributed by atoms with Gasteiger partial charge in [0.1, 0.15) is 18.1 Å². The molecule has 0 aliphatic heterocycles. The molecular weight excluding hydrogens is 322 g/mol. The first kappa shape index (κ1) is 16.7. The van der Waals surface area contributed by atoms with Crippen LogP contribution in [-0.4, -0.2) is 37.0 Å². The van der Waals surface area contributed by atoms with E-state index in [0.717, 1.165) is 23.1 Å². The van der Waals surface area contributed by atoms with Crippen molar-refractivity contribution in [2.45, 2.75) is 6.54 Å². The summed E-state index contributed by atoms with van der Waals surface area (Å²) in [5.74, 6) is -0.253. The molecular formula is C14H15N3O5S. The van der Waals surface area contributed by atoms with E-state index in [2.05, 4.69) is 5.10 Å². The Labute approximate surface area is 132 Å². The molecule has 1 amide bonds. The lowest BCUT2D eigenvalue weighted by molar-refractivity contribution is 0.0974. The molecule has 2 rings (SSSR count). The molecule has 0 saturated carbocycles. The van der Waals surface area contributed by atoms with Crippen LogP contribution in [-0.2, 0) is 16.6 Å². The maximum absolute atomic E-state index is 11.7. The van der Waals surface area contributed by atoms with Crippen molar-refractivity contribution in [2.24, 2.45) is 0 Å². The van der Waals surface area contributed by atoms with Crippen molar-refractivity contribution in [1.82, 2.24) is 14.5 Å². The largest absolute Gasteiger partial charge is 0.492 e. The van der Waals surface area contributed by atoms with Crippen molar-refractivity contribution in [1.29, 1.82) is 0 Å². The molecule has 9 heteroatoms. The van der Waals surface area contributed by atoms with Crippen LogP contribution in [0.3, 0.4) is 0 Å². The Balaban J connectivity index is 2.06. The summed E-state index contributed by atoms with van der Waals surface area (Å²) >= 11 is 0. The maximum atomic E-state index is 11.7. The van der Waals surface area contributed by atoms with Gasteiger partial charge in [-0.15, -0.1) is 0 Å². The smallest absolute Gasteiger partial charge is 0.285 e. The van der Waals surface area contributed by atoms with Crippen LogP contribution < -0.4 is 15.0 Å². The Morgan fingerprint density at radius 1 is 1.22 bits per heavy atom. The SMILES string of the molecule is CS(=O)(=O)NC(=O)c1ccc(=O)n(CCOc2ccccc2)n1. The Morgan fingerprint density at radius 3 is 2.57 bits per heavy atom. The Hall–Kier alpha value is -2.68. The van der Waals surface area contributed by atoms with E-state index < -0.39 is 21.5 Å². The Bertz CT molecular complexity index is 846. The lowest BCUT2D eigenvalue weighted by Gasteiger charge is -2.08. The van der Waals surface area contributed by atoms with E-state index in [9.17, 15) is 18.0 Å². The monoisotopic (exact) mass is 337 g/mol. The van der Waals surface area contributed by atoms with Crippen molar-refractivity contribution in [3.05, 3.63) is 58.5 Å². The normalized spacial score (nSPS) is 11.0. The van der Waals surface area contributed by atoms with Crippen molar-refractivity contribution >= 4 is 15.9 Å². The molecule has 122 valence electrons. The molecule has 1 aromatic carbocycles. The van der Waals surface area contributed by atoms with Crippen LogP contribution in [0.25, 0.3) is 0 Å². The fourth-order valence-corrected chi connectivity index (χ4v) is 2.16. The quantitative estimate of drug-likeness (QED) is 0.796. The molecule has 0 fully saturated rings. The van der Waals surface area contributed by atoms with Crippen LogP contribution >= 0.6 is 0 Å². The molecule has 1 aromatic heterocycles. The first-order valence-electron chi connectivity index (χ1n) is 6.63. The number of carbonyl (C=O) groups excluding carboxylic acids is 1. The van der Waals surface area contributed by atoms with Gasteiger partial charge in [0.2, 0.25) is 10.0 Å². The van der Waals surface area contributed by atoms with E-state index in [0.29, 0.717) is 5.75 Å². The topological polar surface area (TPSA) is 107 Å². The first-order chi connectivity index (χ1) is 10.8. The van der Waals surface area contributed by atoms with Gasteiger partial charge in [-0.05, 0) is 18.2 Å². The molecule has 0 unspecified atom stereocenters. The number of para-hydroxylation sites is 1. The molecule has 0 saturated heterocycles. The number of carbonyl (C=O) groups is 1. The highest BCUT2D eigenvalue weighted by atomic mass is 32.2. The summed E-state index contributed by atoms with van der Waals surface area (Å²) in [6.45, 7) is 0.293. The van der Waals surface area contributed by atoms with Crippen LogP contribution in [0.4, 0.5) is 0 Å². The molecule has 0 aliphatic carbocycles. The van der Waals surface area contributed by atoms with Gasteiger partial charge >= 0.3 is 0 Å². The lowest BCUT2D eigenvalue weighted by atomic mass is 10.3. The van der Waals surface area contributed by atoms with Crippen molar-refractivity contribution in [2.75, 3.05) is 12.9 Å². The number of hydrogen-bond acceptors (Lipinski definition) is 6. The fourth-order valence-electron chi connectivity index (χ4n) is 1.72. The van der Waals surface area contributed by atoms with Gasteiger partial charge in [-0.2, -0.15) is 5.10 Å². The van der Waals surface area contributed by atoms with Crippen LogP contribution in [0.15, 0.2) is 47.3 Å². The van der Waals surface area contributed by atoms with E-state index in [4.69, 9.17) is 4.74 Å². The van der Waals surface area contributed by atoms with Gasteiger partial charge in [-0.1, -0.05) is 18.2 Å². The number of nitrogens with one attached hydrogen (secondary N) is 1. The van der Waals surface area contributed by atoms with Gasteiger partial charge in [-0.3, -0.25) is 9.59 Å². The number of benzene rings is 1. The second-order valence-corrected chi connectivity index (χ2v) is 6.39. The summed E-state index contributed by atoms with van der Waals surface area (Å²) in [5, 5.41) is 3.84. The van der Waals surface area contributed by atoms with Gasteiger partial charge in [0.05, 0.1) is 12.8 Å². The molecule has 0 bridgehead atoms. The second-order valence-electron chi connectivity index (χ2n) is 4.64. The number of hydrogen-bond donors (Lipinski definition) is 1. The molecule has 0 radical (unpaired) electrons. The summed E-state index contributed by atoms with van der Waals surface area (Å²) in [4.78, 5) is 23.4. The molecule has 0 atom stereocenters. The predicted molar refractivity (Wildman–Crippen MR) is 82.7 cm³/mol.